The topological polar surface area (TPSA) is 105 Å². The molecule has 9 heteroatoms. The van der Waals surface area contributed by atoms with Crippen molar-refractivity contribution in [3.8, 4) is 0 Å². The fraction of sp³-hybridized carbons (Fsp3) is 0.458. The Morgan fingerprint density at radius 1 is 1.15 bits per heavy atom. The number of aryl methyl sites for hydroxylation is 1. The first-order chi connectivity index (χ1) is 16.0. The van der Waals surface area contributed by atoms with Crippen LogP contribution in [0.5, 0.6) is 0 Å². The molecule has 0 radical (unpaired) electrons. The van der Waals surface area contributed by atoms with Crippen LogP contribution in [0.4, 0.5) is 11.4 Å². The average molecular weight is 450 g/mol. The molecule has 1 aliphatic rings. The molecule has 2 N–H and O–H groups in total. The Balaban J connectivity index is 1.55. The summed E-state index contributed by atoms with van der Waals surface area (Å²) in [6, 6.07) is 8.16. The minimum Gasteiger partial charge on any atom is -0.381 e. The van der Waals surface area contributed by atoms with Crippen LogP contribution in [-0.2, 0) is 13.1 Å². The number of aromatic nitrogens is 3. The smallest absolute Gasteiger partial charge is 0.255 e. The molecular weight excluding hydrogens is 418 g/mol. The number of nitrogens with one attached hydrogen (secondary N) is 2. The van der Waals surface area contributed by atoms with Crippen molar-refractivity contribution in [3.63, 3.8) is 0 Å². The van der Waals surface area contributed by atoms with Gasteiger partial charge in [0.1, 0.15) is 0 Å². The SMILES string of the molecule is CCn1ncc2c(NC3CCC(N=O)CC3)c(C(=O)NCc3ccc(N(C)C)cc3)cnc21. The predicted molar refractivity (Wildman–Crippen MR) is 131 cm³/mol. The lowest BCUT2D eigenvalue weighted by molar-refractivity contribution is 0.0951. The molecule has 2 aromatic heterocycles. The van der Waals surface area contributed by atoms with Crippen LogP contribution in [0, 0.1) is 4.91 Å². The number of anilines is 2. The largest absolute Gasteiger partial charge is 0.381 e. The number of carbonyl (C=O) groups excluding carboxylic acids is 1. The van der Waals surface area contributed by atoms with Gasteiger partial charge in [-0.1, -0.05) is 17.3 Å². The van der Waals surface area contributed by atoms with Crippen molar-refractivity contribution in [2.24, 2.45) is 5.18 Å². The molecule has 0 spiro atoms. The highest BCUT2D eigenvalue weighted by atomic mass is 16.3. The second-order valence-electron chi connectivity index (χ2n) is 8.74. The van der Waals surface area contributed by atoms with Crippen LogP contribution < -0.4 is 15.5 Å². The summed E-state index contributed by atoms with van der Waals surface area (Å²) in [6.45, 7) is 3.13. The molecule has 33 heavy (non-hydrogen) atoms. The molecule has 0 saturated heterocycles. The number of nitrogens with zero attached hydrogens (tertiary/aromatic N) is 5. The summed E-state index contributed by atoms with van der Waals surface area (Å²) < 4.78 is 1.82. The summed E-state index contributed by atoms with van der Waals surface area (Å²) >= 11 is 0. The van der Waals surface area contributed by atoms with Gasteiger partial charge in [-0.2, -0.15) is 10.0 Å². The molecule has 2 heterocycles. The Labute approximate surface area is 193 Å². The molecule has 1 aromatic carbocycles. The van der Waals surface area contributed by atoms with Crippen molar-refractivity contribution >= 4 is 28.3 Å². The van der Waals surface area contributed by atoms with Crippen LogP contribution in [0.15, 0.2) is 41.8 Å². The minimum atomic E-state index is -0.184. The van der Waals surface area contributed by atoms with Crippen LogP contribution in [0.3, 0.4) is 0 Å². The zero-order chi connectivity index (χ0) is 23.4. The number of hydrogen-bond donors (Lipinski definition) is 2. The summed E-state index contributed by atoms with van der Waals surface area (Å²) in [7, 11) is 3.99. The van der Waals surface area contributed by atoms with Crippen LogP contribution in [0.1, 0.15) is 48.5 Å². The maximum Gasteiger partial charge on any atom is 0.255 e. The van der Waals surface area contributed by atoms with E-state index in [1.807, 2.05) is 54.9 Å². The van der Waals surface area contributed by atoms with E-state index >= 15 is 0 Å². The van der Waals surface area contributed by atoms with Crippen molar-refractivity contribution in [2.45, 2.75) is 57.8 Å². The number of rotatable bonds is 8. The molecule has 174 valence electrons. The third kappa shape index (κ3) is 4.97. The summed E-state index contributed by atoms with van der Waals surface area (Å²) in [5.41, 5.74) is 4.13. The van der Waals surface area contributed by atoms with E-state index in [0.29, 0.717) is 18.7 Å². The third-order valence-corrected chi connectivity index (χ3v) is 6.31. The highest BCUT2D eigenvalue weighted by Gasteiger charge is 2.25. The van der Waals surface area contributed by atoms with E-state index in [4.69, 9.17) is 0 Å². The predicted octanol–water partition coefficient (Wildman–Crippen LogP) is 3.94. The quantitative estimate of drug-likeness (QED) is 0.505. The highest BCUT2D eigenvalue weighted by molar-refractivity contribution is 6.06. The standard InChI is InChI=1S/C24H31N7O2/c1-4-31-23-20(15-27-31)22(28-17-7-9-18(29-33)10-8-17)21(14-25-23)24(32)26-13-16-5-11-19(12-6-16)30(2)3/h5-6,11-12,14-15,17-18H,4,7-10,13H2,1-3H3,(H,25,28)(H,26,32). The van der Waals surface area contributed by atoms with E-state index in [0.717, 1.165) is 53.7 Å². The maximum atomic E-state index is 13.2. The molecule has 4 rings (SSSR count). The van der Waals surface area contributed by atoms with Crippen molar-refractivity contribution in [1.82, 2.24) is 20.1 Å². The Morgan fingerprint density at radius 2 is 1.88 bits per heavy atom. The van der Waals surface area contributed by atoms with E-state index in [-0.39, 0.29) is 18.0 Å². The van der Waals surface area contributed by atoms with E-state index in [9.17, 15) is 9.70 Å². The van der Waals surface area contributed by atoms with Gasteiger partial charge in [-0.05, 0) is 50.3 Å². The lowest BCUT2D eigenvalue weighted by atomic mass is 9.91. The van der Waals surface area contributed by atoms with Gasteiger partial charge in [0.05, 0.1) is 28.9 Å². The highest BCUT2D eigenvalue weighted by Crippen LogP contribution is 2.30. The first-order valence-electron chi connectivity index (χ1n) is 11.5. The second-order valence-corrected chi connectivity index (χ2v) is 8.74. The lowest BCUT2D eigenvalue weighted by Crippen LogP contribution is -2.30. The van der Waals surface area contributed by atoms with Gasteiger partial charge in [-0.3, -0.25) is 4.79 Å². The van der Waals surface area contributed by atoms with Crippen molar-refractivity contribution < 1.29 is 4.79 Å². The first-order valence-corrected chi connectivity index (χ1v) is 11.5. The van der Waals surface area contributed by atoms with Crippen molar-refractivity contribution in [1.29, 1.82) is 0 Å². The molecule has 0 bridgehead atoms. The van der Waals surface area contributed by atoms with Gasteiger partial charge in [0.25, 0.3) is 5.91 Å². The number of fused-ring (bicyclic) bond motifs is 1. The molecule has 1 fully saturated rings. The van der Waals surface area contributed by atoms with Gasteiger partial charge in [0.2, 0.25) is 0 Å². The molecule has 0 atom stereocenters. The normalized spacial score (nSPS) is 18.2. The number of pyridine rings is 1. The lowest BCUT2D eigenvalue weighted by Gasteiger charge is -2.27. The minimum absolute atomic E-state index is 0.106. The number of carbonyl (C=O) groups is 1. The van der Waals surface area contributed by atoms with Gasteiger partial charge >= 0.3 is 0 Å². The molecular formula is C24H31N7O2. The van der Waals surface area contributed by atoms with Crippen LogP contribution in [-0.4, -0.2) is 46.9 Å². The van der Waals surface area contributed by atoms with E-state index in [1.165, 1.54) is 0 Å². The molecule has 0 unspecified atom stereocenters. The van der Waals surface area contributed by atoms with Crippen molar-refractivity contribution in [3.05, 3.63) is 52.7 Å². The molecule has 9 nitrogen and oxygen atoms in total. The Hall–Kier alpha value is -3.49. The van der Waals surface area contributed by atoms with Crippen molar-refractivity contribution in [2.75, 3.05) is 24.3 Å². The van der Waals surface area contributed by atoms with Gasteiger partial charge in [-0.15, -0.1) is 0 Å². The number of nitroso groups, excluding NO2 is 1. The summed E-state index contributed by atoms with van der Waals surface area (Å²) in [6.07, 6.45) is 6.58. The van der Waals surface area contributed by atoms with Crippen LogP contribution in [0.25, 0.3) is 11.0 Å². The maximum absolute atomic E-state index is 13.2. The molecule has 1 saturated carbocycles. The summed E-state index contributed by atoms with van der Waals surface area (Å²) in [4.78, 5) is 30.6. The van der Waals surface area contributed by atoms with Gasteiger partial charge in [0, 0.05) is 45.1 Å². The zero-order valence-corrected chi connectivity index (χ0v) is 19.4. The molecule has 1 amide bonds. The van der Waals surface area contributed by atoms with Gasteiger partial charge in [0.15, 0.2) is 5.65 Å². The van der Waals surface area contributed by atoms with Crippen LogP contribution >= 0.6 is 0 Å². The number of benzene rings is 1. The molecule has 3 aromatic rings. The van der Waals surface area contributed by atoms with Gasteiger partial charge in [-0.25, -0.2) is 9.67 Å². The number of hydrogen-bond acceptors (Lipinski definition) is 7. The van der Waals surface area contributed by atoms with E-state index in [2.05, 4.69) is 25.9 Å². The van der Waals surface area contributed by atoms with Gasteiger partial charge < -0.3 is 15.5 Å². The fourth-order valence-corrected chi connectivity index (χ4v) is 4.31. The zero-order valence-electron chi connectivity index (χ0n) is 19.4. The summed E-state index contributed by atoms with van der Waals surface area (Å²) in [5.74, 6) is -0.184. The van der Waals surface area contributed by atoms with E-state index in [1.54, 1.807) is 12.4 Å². The Morgan fingerprint density at radius 3 is 2.52 bits per heavy atom. The first kappa shape index (κ1) is 22.7. The van der Waals surface area contributed by atoms with E-state index < -0.39 is 0 Å². The molecule has 0 aliphatic heterocycles. The Bertz CT molecular complexity index is 1120. The summed E-state index contributed by atoms with van der Waals surface area (Å²) in [5, 5.41) is 15.1. The fourth-order valence-electron chi connectivity index (χ4n) is 4.31. The second kappa shape index (κ2) is 9.97. The molecule has 1 aliphatic carbocycles. The number of amides is 1. The average Bonchev–Trinajstić information content (AvgIpc) is 3.27. The monoisotopic (exact) mass is 449 g/mol. The van der Waals surface area contributed by atoms with Crippen LogP contribution in [0.2, 0.25) is 0 Å². The Kier molecular flexibility index (Phi) is 6.86. The third-order valence-electron chi connectivity index (χ3n) is 6.31.